The quantitative estimate of drug-likeness (QED) is 0.610. The minimum atomic E-state index is 0.751. The van der Waals surface area contributed by atoms with Crippen LogP contribution in [0.15, 0.2) is 79.6 Å². The molecule has 0 radical (unpaired) electrons. The predicted molar refractivity (Wildman–Crippen MR) is 96.5 cm³/mol. The van der Waals surface area contributed by atoms with Gasteiger partial charge in [0, 0.05) is 42.5 Å². The van der Waals surface area contributed by atoms with Crippen LogP contribution in [-0.4, -0.2) is 15.0 Å². The third-order valence-electron chi connectivity index (χ3n) is 3.94. The summed E-state index contributed by atoms with van der Waals surface area (Å²) in [5, 5.41) is 5.95. The average molecular weight is 312 g/mol. The molecule has 0 amide bonds. The van der Waals surface area contributed by atoms with Crippen LogP contribution in [0.25, 0.3) is 21.9 Å². The van der Waals surface area contributed by atoms with Crippen LogP contribution in [0.3, 0.4) is 0 Å². The molecule has 0 spiro atoms. The molecular weight excluding hydrogens is 296 g/mol. The van der Waals surface area contributed by atoms with Crippen LogP contribution in [0.1, 0.15) is 5.56 Å². The molecule has 4 heteroatoms. The number of nitrogens with one attached hydrogen (secondary N) is 1. The highest BCUT2D eigenvalue weighted by Crippen LogP contribution is 2.21. The first-order valence-electron chi connectivity index (χ1n) is 7.80. The van der Waals surface area contributed by atoms with Crippen molar-refractivity contribution in [2.45, 2.75) is 6.54 Å². The van der Waals surface area contributed by atoms with Gasteiger partial charge in [0.15, 0.2) is 0 Å². The van der Waals surface area contributed by atoms with E-state index in [4.69, 9.17) is 0 Å². The first-order valence-corrected chi connectivity index (χ1v) is 7.80. The van der Waals surface area contributed by atoms with Gasteiger partial charge in [-0.15, -0.1) is 0 Å². The molecule has 2 heterocycles. The van der Waals surface area contributed by atoms with Gasteiger partial charge in [-0.05, 0) is 28.5 Å². The standard InChI is InChI=1S/C20H16N4/c1-2-4-17-7-15(5-6-16(17)3-1)9-24-20-8-18(10-21-13-20)19-11-22-14-23-12-19/h1-8,10-14,24H,9H2. The number of hydrogen-bond acceptors (Lipinski definition) is 4. The van der Waals surface area contributed by atoms with Gasteiger partial charge in [0.2, 0.25) is 0 Å². The second kappa shape index (κ2) is 6.46. The molecule has 4 rings (SSSR count). The van der Waals surface area contributed by atoms with E-state index in [0.717, 1.165) is 23.4 Å². The summed E-state index contributed by atoms with van der Waals surface area (Å²) in [4.78, 5) is 12.4. The van der Waals surface area contributed by atoms with E-state index in [2.05, 4.69) is 68.8 Å². The highest BCUT2D eigenvalue weighted by atomic mass is 14.9. The maximum absolute atomic E-state index is 4.31. The molecule has 0 aliphatic heterocycles. The summed E-state index contributed by atoms with van der Waals surface area (Å²) in [5.41, 5.74) is 4.17. The van der Waals surface area contributed by atoms with Gasteiger partial charge in [-0.3, -0.25) is 4.98 Å². The summed E-state index contributed by atoms with van der Waals surface area (Å²) in [6.07, 6.45) is 8.75. The van der Waals surface area contributed by atoms with E-state index in [0.29, 0.717) is 0 Å². The Balaban J connectivity index is 1.53. The third kappa shape index (κ3) is 3.08. The zero-order valence-electron chi connectivity index (χ0n) is 13.1. The van der Waals surface area contributed by atoms with E-state index in [1.165, 1.54) is 22.7 Å². The van der Waals surface area contributed by atoms with Gasteiger partial charge in [0.1, 0.15) is 6.33 Å². The Kier molecular flexibility index (Phi) is 3.86. The van der Waals surface area contributed by atoms with E-state index < -0.39 is 0 Å². The van der Waals surface area contributed by atoms with Crippen molar-refractivity contribution < 1.29 is 0 Å². The monoisotopic (exact) mass is 312 g/mol. The van der Waals surface area contributed by atoms with Crippen molar-refractivity contribution in [1.29, 1.82) is 0 Å². The topological polar surface area (TPSA) is 50.7 Å². The summed E-state index contributed by atoms with van der Waals surface area (Å²) in [6.45, 7) is 0.751. The van der Waals surface area contributed by atoms with Crippen LogP contribution in [-0.2, 0) is 6.54 Å². The number of fused-ring (bicyclic) bond motifs is 1. The first-order chi connectivity index (χ1) is 11.9. The van der Waals surface area contributed by atoms with E-state index >= 15 is 0 Å². The first kappa shape index (κ1) is 14.3. The summed E-state index contributed by atoms with van der Waals surface area (Å²) in [6, 6.07) is 17.0. The maximum Gasteiger partial charge on any atom is 0.115 e. The molecule has 4 aromatic rings. The molecule has 0 unspecified atom stereocenters. The Labute approximate surface area is 140 Å². The number of hydrogen-bond donors (Lipinski definition) is 1. The SMILES string of the molecule is c1ccc2cc(CNc3cncc(-c4cncnc4)c3)ccc2c1. The highest BCUT2D eigenvalue weighted by molar-refractivity contribution is 5.83. The van der Waals surface area contributed by atoms with Crippen LogP contribution in [0.2, 0.25) is 0 Å². The minimum Gasteiger partial charge on any atom is -0.380 e. The van der Waals surface area contributed by atoms with Crippen molar-refractivity contribution >= 4 is 16.5 Å². The van der Waals surface area contributed by atoms with E-state index in [9.17, 15) is 0 Å². The fourth-order valence-corrected chi connectivity index (χ4v) is 2.70. The van der Waals surface area contributed by atoms with Gasteiger partial charge in [-0.2, -0.15) is 0 Å². The Hall–Kier alpha value is -3.27. The lowest BCUT2D eigenvalue weighted by Gasteiger charge is -2.09. The molecule has 0 fully saturated rings. The second-order valence-electron chi connectivity index (χ2n) is 5.62. The lowest BCUT2D eigenvalue weighted by atomic mass is 10.1. The largest absolute Gasteiger partial charge is 0.380 e. The van der Waals surface area contributed by atoms with Crippen molar-refractivity contribution in [2.24, 2.45) is 0 Å². The molecular formula is C20H16N4. The Morgan fingerprint density at radius 3 is 2.38 bits per heavy atom. The number of nitrogens with zero attached hydrogens (tertiary/aromatic N) is 3. The lowest BCUT2D eigenvalue weighted by Crippen LogP contribution is -2.00. The van der Waals surface area contributed by atoms with Crippen molar-refractivity contribution in [3.63, 3.8) is 0 Å². The normalized spacial score (nSPS) is 10.7. The molecule has 2 aromatic carbocycles. The van der Waals surface area contributed by atoms with Crippen molar-refractivity contribution in [3.8, 4) is 11.1 Å². The van der Waals surface area contributed by atoms with Gasteiger partial charge in [-0.25, -0.2) is 9.97 Å². The predicted octanol–water partition coefficient (Wildman–Crippen LogP) is 4.30. The zero-order chi connectivity index (χ0) is 16.2. The van der Waals surface area contributed by atoms with Crippen LogP contribution in [0.4, 0.5) is 5.69 Å². The molecule has 0 bridgehead atoms. The maximum atomic E-state index is 4.31. The molecule has 0 saturated carbocycles. The van der Waals surface area contributed by atoms with Gasteiger partial charge < -0.3 is 5.32 Å². The lowest BCUT2D eigenvalue weighted by molar-refractivity contribution is 1.14. The van der Waals surface area contributed by atoms with Crippen molar-refractivity contribution in [2.75, 3.05) is 5.32 Å². The number of pyridine rings is 1. The number of anilines is 1. The number of benzene rings is 2. The van der Waals surface area contributed by atoms with Crippen LogP contribution < -0.4 is 5.32 Å². The summed E-state index contributed by atoms with van der Waals surface area (Å²) >= 11 is 0. The fourth-order valence-electron chi connectivity index (χ4n) is 2.70. The number of rotatable bonds is 4. The molecule has 4 nitrogen and oxygen atoms in total. The molecule has 0 atom stereocenters. The summed E-state index contributed by atoms with van der Waals surface area (Å²) in [5.74, 6) is 0. The second-order valence-corrected chi connectivity index (χ2v) is 5.62. The molecule has 1 N–H and O–H groups in total. The summed E-state index contributed by atoms with van der Waals surface area (Å²) < 4.78 is 0. The molecule has 2 aromatic heterocycles. The van der Waals surface area contributed by atoms with Gasteiger partial charge >= 0.3 is 0 Å². The molecule has 0 aliphatic carbocycles. The summed E-state index contributed by atoms with van der Waals surface area (Å²) in [7, 11) is 0. The van der Waals surface area contributed by atoms with Gasteiger partial charge in [-0.1, -0.05) is 36.4 Å². The van der Waals surface area contributed by atoms with Crippen molar-refractivity contribution in [1.82, 2.24) is 15.0 Å². The van der Waals surface area contributed by atoms with Gasteiger partial charge in [0.25, 0.3) is 0 Å². The third-order valence-corrected chi connectivity index (χ3v) is 3.94. The Bertz CT molecular complexity index is 967. The number of aromatic nitrogens is 3. The van der Waals surface area contributed by atoms with Crippen LogP contribution >= 0.6 is 0 Å². The molecule has 0 aliphatic rings. The average Bonchev–Trinajstić information content (AvgIpc) is 2.67. The van der Waals surface area contributed by atoms with Gasteiger partial charge in [0.05, 0.1) is 5.69 Å². The molecule has 116 valence electrons. The van der Waals surface area contributed by atoms with E-state index in [1.54, 1.807) is 12.4 Å². The Morgan fingerprint density at radius 2 is 1.50 bits per heavy atom. The Morgan fingerprint density at radius 1 is 0.708 bits per heavy atom. The zero-order valence-corrected chi connectivity index (χ0v) is 13.1. The van der Waals surface area contributed by atoms with Crippen LogP contribution in [0.5, 0.6) is 0 Å². The molecule has 24 heavy (non-hydrogen) atoms. The van der Waals surface area contributed by atoms with Crippen LogP contribution in [0, 0.1) is 0 Å². The highest BCUT2D eigenvalue weighted by Gasteiger charge is 2.01. The molecule has 0 saturated heterocycles. The minimum absolute atomic E-state index is 0.751. The smallest absolute Gasteiger partial charge is 0.115 e. The fraction of sp³-hybridized carbons (Fsp3) is 0.0500. The van der Waals surface area contributed by atoms with Crippen molar-refractivity contribution in [3.05, 3.63) is 85.2 Å². The van der Waals surface area contributed by atoms with E-state index in [1.807, 2.05) is 12.4 Å². The van der Waals surface area contributed by atoms with E-state index in [-0.39, 0.29) is 0 Å².